The Morgan fingerprint density at radius 1 is 0.640 bits per heavy atom. The second-order valence-corrected chi connectivity index (χ2v) is 5.23. The molecule has 136 valence electrons. The summed E-state index contributed by atoms with van der Waals surface area (Å²) in [6.45, 7) is -1.24. The molecule has 0 aliphatic heterocycles. The van der Waals surface area contributed by atoms with Gasteiger partial charge >= 0.3 is 0 Å². The minimum atomic E-state index is -1.38. The first-order valence-electron chi connectivity index (χ1n) is 7.80. The van der Waals surface area contributed by atoms with E-state index in [2.05, 4.69) is 0 Å². The number of ether oxygens (including phenoxy) is 3. The van der Waals surface area contributed by atoms with E-state index in [1.54, 1.807) is 60.7 Å². The second kappa shape index (κ2) is 9.97. The van der Waals surface area contributed by atoms with E-state index in [-0.39, 0.29) is 0 Å². The normalized spacial score (nSPS) is 15.8. The third-order valence-corrected chi connectivity index (χ3v) is 3.26. The number of para-hydroxylation sites is 2. The van der Waals surface area contributed by atoms with Gasteiger partial charge in [-0.05, 0) is 24.3 Å². The van der Waals surface area contributed by atoms with E-state index >= 15 is 0 Å². The summed E-state index contributed by atoms with van der Waals surface area (Å²) in [6, 6.07) is 17.1. The van der Waals surface area contributed by atoms with Crippen LogP contribution in [-0.4, -0.2) is 58.4 Å². The fraction of sp³-hybridized carbons (Fsp3) is 0.333. The molecule has 2 rings (SSSR count). The van der Waals surface area contributed by atoms with Gasteiger partial charge in [0.25, 0.3) is 0 Å². The van der Waals surface area contributed by atoms with E-state index in [0.717, 1.165) is 0 Å². The molecule has 0 radical (unpaired) electrons. The lowest BCUT2D eigenvalue weighted by molar-refractivity contribution is -0.253. The molecule has 0 aliphatic carbocycles. The lowest BCUT2D eigenvalue weighted by Gasteiger charge is -2.30. The van der Waals surface area contributed by atoms with Crippen LogP contribution in [-0.2, 0) is 4.74 Å². The van der Waals surface area contributed by atoms with E-state index in [9.17, 15) is 20.4 Å². The van der Waals surface area contributed by atoms with Crippen LogP contribution in [0.4, 0.5) is 0 Å². The standard InChI is InChI=1S/C18H22O7/c19-11-15(21)17(23-13-7-3-1-4-8-13)25-18(16(22)12-20)24-14-9-5-2-6-10-14/h1-10,15-22H,11-12H2. The van der Waals surface area contributed by atoms with Crippen LogP contribution < -0.4 is 9.47 Å². The highest BCUT2D eigenvalue weighted by atomic mass is 16.8. The molecule has 0 fully saturated rings. The summed E-state index contributed by atoms with van der Waals surface area (Å²) in [7, 11) is 0. The summed E-state index contributed by atoms with van der Waals surface area (Å²) >= 11 is 0. The maximum Gasteiger partial charge on any atom is 0.231 e. The van der Waals surface area contributed by atoms with Gasteiger partial charge in [-0.2, -0.15) is 0 Å². The molecule has 2 aromatic rings. The molecule has 25 heavy (non-hydrogen) atoms. The number of aliphatic hydroxyl groups excluding tert-OH is 4. The molecular weight excluding hydrogens is 328 g/mol. The lowest BCUT2D eigenvalue weighted by Crippen LogP contribution is -2.46. The van der Waals surface area contributed by atoms with E-state index in [1.807, 2.05) is 0 Å². The van der Waals surface area contributed by atoms with Crippen molar-refractivity contribution in [2.45, 2.75) is 24.8 Å². The van der Waals surface area contributed by atoms with Crippen molar-refractivity contribution in [2.75, 3.05) is 13.2 Å². The summed E-state index contributed by atoms with van der Waals surface area (Å²) in [5.74, 6) is 0.800. The maximum absolute atomic E-state index is 9.95. The van der Waals surface area contributed by atoms with Gasteiger partial charge in [0.1, 0.15) is 23.7 Å². The second-order valence-electron chi connectivity index (χ2n) is 5.23. The van der Waals surface area contributed by atoms with Crippen LogP contribution in [0.1, 0.15) is 0 Å². The average molecular weight is 350 g/mol. The first kappa shape index (κ1) is 19.2. The van der Waals surface area contributed by atoms with Crippen LogP contribution in [0.15, 0.2) is 60.7 Å². The highest BCUT2D eigenvalue weighted by Crippen LogP contribution is 2.19. The van der Waals surface area contributed by atoms with Gasteiger partial charge in [-0.15, -0.1) is 0 Å². The Morgan fingerprint density at radius 2 is 1.00 bits per heavy atom. The predicted molar refractivity (Wildman–Crippen MR) is 89.0 cm³/mol. The molecule has 0 saturated heterocycles. The monoisotopic (exact) mass is 350 g/mol. The summed E-state index contributed by atoms with van der Waals surface area (Å²) in [4.78, 5) is 0. The van der Waals surface area contributed by atoms with Crippen molar-refractivity contribution >= 4 is 0 Å². The van der Waals surface area contributed by atoms with Crippen LogP contribution in [0.5, 0.6) is 11.5 Å². The molecule has 0 spiro atoms. The van der Waals surface area contributed by atoms with E-state index < -0.39 is 38.0 Å². The van der Waals surface area contributed by atoms with Crippen molar-refractivity contribution in [1.29, 1.82) is 0 Å². The Bertz CT molecular complexity index is 539. The third kappa shape index (κ3) is 6.00. The molecule has 2 aromatic carbocycles. The van der Waals surface area contributed by atoms with Crippen LogP contribution in [0.25, 0.3) is 0 Å². The molecule has 0 heterocycles. The zero-order chi connectivity index (χ0) is 18.1. The van der Waals surface area contributed by atoms with E-state index in [1.165, 1.54) is 0 Å². The maximum atomic E-state index is 9.95. The topological polar surface area (TPSA) is 109 Å². The first-order chi connectivity index (χ1) is 12.1. The molecule has 0 aliphatic rings. The predicted octanol–water partition coefficient (Wildman–Crippen LogP) is 0.520. The fourth-order valence-electron chi connectivity index (χ4n) is 1.96. The zero-order valence-corrected chi connectivity index (χ0v) is 13.5. The van der Waals surface area contributed by atoms with Gasteiger partial charge in [-0.25, -0.2) is 0 Å². The fourth-order valence-corrected chi connectivity index (χ4v) is 1.96. The molecule has 0 saturated carbocycles. The Morgan fingerprint density at radius 3 is 1.32 bits per heavy atom. The minimum Gasteiger partial charge on any atom is -0.462 e. The Balaban J connectivity index is 2.13. The van der Waals surface area contributed by atoms with Crippen LogP contribution >= 0.6 is 0 Å². The molecule has 4 N–H and O–H groups in total. The average Bonchev–Trinajstić information content (AvgIpc) is 2.67. The van der Waals surface area contributed by atoms with Crippen molar-refractivity contribution in [1.82, 2.24) is 0 Å². The third-order valence-electron chi connectivity index (χ3n) is 3.26. The van der Waals surface area contributed by atoms with Crippen molar-refractivity contribution in [2.24, 2.45) is 0 Å². The molecule has 4 atom stereocenters. The molecule has 7 heteroatoms. The highest BCUT2D eigenvalue weighted by molar-refractivity contribution is 5.22. The van der Waals surface area contributed by atoms with Crippen molar-refractivity contribution in [3.63, 3.8) is 0 Å². The van der Waals surface area contributed by atoms with E-state index in [0.29, 0.717) is 11.5 Å². The number of rotatable bonds is 10. The molecule has 0 bridgehead atoms. The van der Waals surface area contributed by atoms with Crippen molar-refractivity contribution in [3.05, 3.63) is 60.7 Å². The summed E-state index contributed by atoms with van der Waals surface area (Å²) in [6.07, 6.45) is -5.40. The number of hydrogen-bond acceptors (Lipinski definition) is 7. The van der Waals surface area contributed by atoms with Gasteiger partial charge in [-0.1, -0.05) is 36.4 Å². The Hall–Kier alpha value is -2.16. The molecule has 4 unspecified atom stereocenters. The smallest absolute Gasteiger partial charge is 0.231 e. The molecule has 0 amide bonds. The summed E-state index contributed by atoms with van der Waals surface area (Å²) in [5.41, 5.74) is 0. The lowest BCUT2D eigenvalue weighted by atomic mass is 10.3. The van der Waals surface area contributed by atoms with Gasteiger partial charge in [0, 0.05) is 0 Å². The first-order valence-corrected chi connectivity index (χ1v) is 7.80. The SMILES string of the molecule is OCC(O)C(Oc1ccccc1)OC(Oc1ccccc1)C(O)CO. The molecule has 7 nitrogen and oxygen atoms in total. The van der Waals surface area contributed by atoms with Crippen LogP contribution in [0.2, 0.25) is 0 Å². The Kier molecular flexibility index (Phi) is 7.65. The van der Waals surface area contributed by atoms with Crippen molar-refractivity contribution in [3.8, 4) is 11.5 Å². The number of benzene rings is 2. The Labute approximate surface area is 145 Å². The molecule has 0 aromatic heterocycles. The summed E-state index contributed by atoms with van der Waals surface area (Å²) in [5, 5.41) is 38.3. The van der Waals surface area contributed by atoms with Crippen LogP contribution in [0, 0.1) is 0 Å². The van der Waals surface area contributed by atoms with Gasteiger partial charge in [0.2, 0.25) is 12.6 Å². The largest absolute Gasteiger partial charge is 0.462 e. The van der Waals surface area contributed by atoms with E-state index in [4.69, 9.17) is 14.2 Å². The highest BCUT2D eigenvalue weighted by Gasteiger charge is 2.30. The molecular formula is C18H22O7. The zero-order valence-electron chi connectivity index (χ0n) is 13.5. The van der Waals surface area contributed by atoms with Gasteiger partial charge < -0.3 is 29.9 Å². The summed E-state index contributed by atoms with van der Waals surface area (Å²) < 4.78 is 16.5. The number of hydrogen-bond donors (Lipinski definition) is 4. The van der Waals surface area contributed by atoms with Crippen LogP contribution in [0.3, 0.4) is 0 Å². The quantitative estimate of drug-likeness (QED) is 0.463. The van der Waals surface area contributed by atoms with Crippen molar-refractivity contribution < 1.29 is 34.6 Å². The van der Waals surface area contributed by atoms with Gasteiger partial charge in [-0.3, -0.25) is 4.74 Å². The van der Waals surface area contributed by atoms with Gasteiger partial charge in [0.05, 0.1) is 13.2 Å². The minimum absolute atomic E-state index is 0.400. The van der Waals surface area contributed by atoms with Gasteiger partial charge in [0.15, 0.2) is 0 Å². The number of aliphatic hydroxyl groups is 4.